The molecular formula is C11H16N6. The molecule has 0 radical (unpaired) electrons. The summed E-state index contributed by atoms with van der Waals surface area (Å²) in [6.07, 6.45) is 6.42. The Bertz CT molecular complexity index is 534. The van der Waals surface area contributed by atoms with E-state index < -0.39 is 0 Å². The summed E-state index contributed by atoms with van der Waals surface area (Å²) in [4.78, 5) is 8.19. The average Bonchev–Trinajstić information content (AvgIpc) is 2.75. The van der Waals surface area contributed by atoms with E-state index in [1.165, 1.54) is 25.6 Å². The molecule has 1 aliphatic carbocycles. The predicted molar refractivity (Wildman–Crippen MR) is 64.2 cm³/mol. The fraction of sp³-hybridized carbons (Fsp3) is 0.636. The minimum atomic E-state index is 0.392. The molecule has 1 fully saturated rings. The van der Waals surface area contributed by atoms with E-state index in [1.807, 2.05) is 4.68 Å². The molecule has 1 aliphatic rings. The third kappa shape index (κ3) is 1.64. The third-order valence-corrected chi connectivity index (χ3v) is 3.67. The SMILES string of the molecule is C[C@@H]1CCCC[C@@H]1n1nnc2c(N)ncnc21. The fourth-order valence-electron chi connectivity index (χ4n) is 2.66. The molecule has 3 rings (SSSR count). The van der Waals surface area contributed by atoms with Crippen molar-refractivity contribution in [2.45, 2.75) is 38.6 Å². The molecule has 2 N–H and O–H groups in total. The van der Waals surface area contributed by atoms with Gasteiger partial charge in [0.05, 0.1) is 6.04 Å². The lowest BCUT2D eigenvalue weighted by molar-refractivity contribution is 0.241. The van der Waals surface area contributed by atoms with Gasteiger partial charge in [0.15, 0.2) is 17.0 Å². The molecule has 1 saturated carbocycles. The molecule has 0 bridgehead atoms. The zero-order valence-corrected chi connectivity index (χ0v) is 9.87. The van der Waals surface area contributed by atoms with Crippen LogP contribution in [-0.4, -0.2) is 25.0 Å². The van der Waals surface area contributed by atoms with E-state index in [2.05, 4.69) is 27.2 Å². The highest BCUT2D eigenvalue weighted by Gasteiger charge is 2.26. The molecule has 17 heavy (non-hydrogen) atoms. The van der Waals surface area contributed by atoms with E-state index in [4.69, 9.17) is 5.73 Å². The molecule has 2 heterocycles. The summed E-state index contributed by atoms with van der Waals surface area (Å²) < 4.78 is 1.93. The number of hydrogen-bond donors (Lipinski definition) is 1. The van der Waals surface area contributed by atoms with Crippen molar-refractivity contribution in [2.75, 3.05) is 5.73 Å². The molecule has 2 atom stereocenters. The molecule has 6 heteroatoms. The zero-order chi connectivity index (χ0) is 11.8. The maximum Gasteiger partial charge on any atom is 0.184 e. The van der Waals surface area contributed by atoms with Crippen molar-refractivity contribution in [3.05, 3.63) is 6.33 Å². The highest BCUT2D eigenvalue weighted by Crippen LogP contribution is 2.34. The van der Waals surface area contributed by atoms with Gasteiger partial charge in [0.25, 0.3) is 0 Å². The highest BCUT2D eigenvalue weighted by atomic mass is 15.5. The van der Waals surface area contributed by atoms with Gasteiger partial charge in [-0.3, -0.25) is 0 Å². The second-order valence-corrected chi connectivity index (χ2v) is 4.79. The Morgan fingerprint density at radius 1 is 1.29 bits per heavy atom. The lowest BCUT2D eigenvalue weighted by Gasteiger charge is -2.28. The van der Waals surface area contributed by atoms with Gasteiger partial charge in [-0.05, 0) is 18.8 Å². The summed E-state index contributed by atoms with van der Waals surface area (Å²) in [5.41, 5.74) is 7.14. The monoisotopic (exact) mass is 232 g/mol. The molecule has 0 amide bonds. The predicted octanol–water partition coefficient (Wildman–Crippen LogP) is 1.55. The van der Waals surface area contributed by atoms with E-state index in [0.717, 1.165) is 12.1 Å². The summed E-state index contributed by atoms with van der Waals surface area (Å²) >= 11 is 0. The van der Waals surface area contributed by atoms with Crippen LogP contribution in [0.3, 0.4) is 0 Å². The van der Waals surface area contributed by atoms with Crippen LogP contribution < -0.4 is 5.73 Å². The van der Waals surface area contributed by atoms with Crippen LogP contribution in [0.25, 0.3) is 11.2 Å². The van der Waals surface area contributed by atoms with Crippen LogP contribution in [0.4, 0.5) is 5.82 Å². The van der Waals surface area contributed by atoms with Gasteiger partial charge in [-0.25, -0.2) is 14.6 Å². The molecule has 2 aromatic heterocycles. The summed E-state index contributed by atoms with van der Waals surface area (Å²) in [5.74, 6) is 1.02. The van der Waals surface area contributed by atoms with Gasteiger partial charge in [-0.1, -0.05) is 25.0 Å². The third-order valence-electron chi connectivity index (χ3n) is 3.67. The van der Waals surface area contributed by atoms with Crippen molar-refractivity contribution in [3.8, 4) is 0 Å². The number of anilines is 1. The molecule has 0 saturated heterocycles. The molecule has 0 aliphatic heterocycles. The van der Waals surface area contributed by atoms with Gasteiger partial charge >= 0.3 is 0 Å². The highest BCUT2D eigenvalue weighted by molar-refractivity contribution is 5.80. The Morgan fingerprint density at radius 2 is 2.12 bits per heavy atom. The van der Waals surface area contributed by atoms with Gasteiger partial charge in [0, 0.05) is 0 Å². The average molecular weight is 232 g/mol. The molecule has 2 aromatic rings. The minimum absolute atomic E-state index is 0.392. The fourth-order valence-corrected chi connectivity index (χ4v) is 2.66. The first-order valence-corrected chi connectivity index (χ1v) is 6.08. The number of nitrogen functional groups attached to an aromatic ring is 1. The Balaban J connectivity index is 2.08. The molecule has 0 unspecified atom stereocenters. The van der Waals surface area contributed by atoms with Crippen LogP contribution in [0, 0.1) is 5.92 Å². The lowest BCUT2D eigenvalue weighted by atomic mass is 9.86. The first-order valence-electron chi connectivity index (χ1n) is 6.08. The minimum Gasteiger partial charge on any atom is -0.382 e. The molecule has 0 spiro atoms. The van der Waals surface area contributed by atoms with Crippen LogP contribution in [0.1, 0.15) is 38.6 Å². The number of hydrogen-bond acceptors (Lipinski definition) is 5. The summed E-state index contributed by atoms with van der Waals surface area (Å²) in [5, 5.41) is 8.31. The van der Waals surface area contributed by atoms with Gasteiger partial charge in [0.2, 0.25) is 0 Å². The van der Waals surface area contributed by atoms with Crippen LogP contribution in [-0.2, 0) is 0 Å². The van der Waals surface area contributed by atoms with Crippen LogP contribution in [0.5, 0.6) is 0 Å². The standard InChI is InChI=1S/C11H16N6/c1-7-4-2-3-5-8(7)17-11-9(15-16-17)10(12)13-6-14-11/h6-8H,2-5H2,1H3,(H2,12,13,14)/t7-,8+/m1/s1. The van der Waals surface area contributed by atoms with Crippen LogP contribution in [0.15, 0.2) is 6.33 Å². The lowest BCUT2D eigenvalue weighted by Crippen LogP contribution is -2.22. The number of aromatic nitrogens is 5. The van der Waals surface area contributed by atoms with Gasteiger partial charge in [0.1, 0.15) is 6.33 Å². The van der Waals surface area contributed by atoms with E-state index in [9.17, 15) is 0 Å². The summed E-state index contributed by atoms with van der Waals surface area (Å²) in [6, 6.07) is 0.392. The quantitative estimate of drug-likeness (QED) is 0.806. The first-order chi connectivity index (χ1) is 8.27. The number of rotatable bonds is 1. The van der Waals surface area contributed by atoms with E-state index in [-0.39, 0.29) is 0 Å². The summed E-state index contributed by atoms with van der Waals surface area (Å²) in [6.45, 7) is 2.27. The topological polar surface area (TPSA) is 82.5 Å². The smallest absolute Gasteiger partial charge is 0.184 e. The van der Waals surface area contributed by atoms with Crippen molar-refractivity contribution in [1.29, 1.82) is 0 Å². The van der Waals surface area contributed by atoms with Gasteiger partial charge < -0.3 is 5.73 Å². The van der Waals surface area contributed by atoms with Gasteiger partial charge in [-0.15, -0.1) is 5.10 Å². The number of nitrogens with two attached hydrogens (primary N) is 1. The maximum atomic E-state index is 5.77. The maximum absolute atomic E-state index is 5.77. The Hall–Kier alpha value is -1.72. The van der Waals surface area contributed by atoms with Crippen LogP contribution in [0.2, 0.25) is 0 Å². The Kier molecular flexibility index (Phi) is 2.42. The molecule has 90 valence electrons. The van der Waals surface area contributed by atoms with Crippen molar-refractivity contribution in [3.63, 3.8) is 0 Å². The van der Waals surface area contributed by atoms with E-state index in [0.29, 0.717) is 23.3 Å². The van der Waals surface area contributed by atoms with Gasteiger partial charge in [-0.2, -0.15) is 0 Å². The molecular weight excluding hydrogens is 216 g/mol. The van der Waals surface area contributed by atoms with E-state index in [1.54, 1.807) is 0 Å². The molecule has 0 aromatic carbocycles. The van der Waals surface area contributed by atoms with Crippen LogP contribution >= 0.6 is 0 Å². The molecule has 6 nitrogen and oxygen atoms in total. The zero-order valence-electron chi connectivity index (χ0n) is 9.87. The Labute approximate surface area is 99.2 Å². The first kappa shape index (κ1) is 10.4. The van der Waals surface area contributed by atoms with Crippen molar-refractivity contribution < 1.29 is 0 Å². The number of fused-ring (bicyclic) bond motifs is 1. The normalized spacial score (nSPS) is 25.2. The van der Waals surface area contributed by atoms with Crippen molar-refractivity contribution in [2.24, 2.45) is 5.92 Å². The second kappa shape index (κ2) is 3.94. The summed E-state index contributed by atoms with van der Waals surface area (Å²) in [7, 11) is 0. The van der Waals surface area contributed by atoms with Crippen molar-refractivity contribution in [1.82, 2.24) is 25.0 Å². The Morgan fingerprint density at radius 3 is 2.94 bits per heavy atom. The van der Waals surface area contributed by atoms with E-state index >= 15 is 0 Å². The number of nitrogens with zero attached hydrogens (tertiary/aromatic N) is 5. The van der Waals surface area contributed by atoms with Crippen molar-refractivity contribution >= 4 is 17.0 Å². The largest absolute Gasteiger partial charge is 0.382 e. The second-order valence-electron chi connectivity index (χ2n) is 4.79.